The first kappa shape index (κ1) is 10.5. The highest BCUT2D eigenvalue weighted by Crippen LogP contribution is 2.27. The number of nitriles is 1. The zero-order valence-corrected chi connectivity index (χ0v) is 8.98. The average molecular weight is 229 g/mol. The van der Waals surface area contributed by atoms with Crippen molar-refractivity contribution in [3.8, 4) is 11.8 Å². The number of nitrogens with zero attached hydrogens (tertiary/aromatic N) is 3. The average Bonchev–Trinajstić information content (AvgIpc) is 2.30. The van der Waals surface area contributed by atoms with Crippen LogP contribution in [0.3, 0.4) is 0 Å². The topological polar surface area (TPSA) is 69.8 Å². The van der Waals surface area contributed by atoms with Crippen molar-refractivity contribution in [2.75, 3.05) is 0 Å². The van der Waals surface area contributed by atoms with Crippen LogP contribution in [0, 0.1) is 11.3 Å². The first-order chi connectivity index (χ1) is 7.78. The summed E-state index contributed by atoms with van der Waals surface area (Å²) in [5, 5.41) is 18.5. The third-order valence-electron chi connectivity index (χ3n) is 1.78. The molecule has 5 heteroatoms. The van der Waals surface area contributed by atoms with E-state index in [1.807, 2.05) is 12.1 Å². The quantitative estimate of drug-likeness (QED) is 0.854. The van der Waals surface area contributed by atoms with Gasteiger partial charge in [0.25, 0.3) is 0 Å². The van der Waals surface area contributed by atoms with Crippen molar-refractivity contribution in [2.24, 2.45) is 0 Å². The number of benzene rings is 1. The zero-order chi connectivity index (χ0) is 11.4. The second-order valence-corrected chi connectivity index (χ2v) is 4.04. The molecule has 0 fully saturated rings. The van der Waals surface area contributed by atoms with Crippen molar-refractivity contribution in [3.05, 3.63) is 42.4 Å². The second kappa shape index (κ2) is 4.64. The predicted octanol–water partition coefficient (Wildman–Crippen LogP) is 2.21. The molecule has 78 valence electrons. The molecule has 16 heavy (non-hydrogen) atoms. The summed E-state index contributed by atoms with van der Waals surface area (Å²) >= 11 is 1.38. The molecule has 0 aliphatic rings. The summed E-state index contributed by atoms with van der Waals surface area (Å²) in [5.74, 6) is 0.214. The van der Waals surface area contributed by atoms with Crippen molar-refractivity contribution in [1.29, 1.82) is 5.26 Å². The fourth-order valence-electron chi connectivity index (χ4n) is 1.09. The molecule has 2 rings (SSSR count). The first-order valence-electron chi connectivity index (χ1n) is 4.47. The van der Waals surface area contributed by atoms with Crippen LogP contribution in [0.15, 0.2) is 46.6 Å². The van der Waals surface area contributed by atoms with E-state index >= 15 is 0 Å². The molecule has 0 radical (unpaired) electrons. The van der Waals surface area contributed by atoms with Crippen LogP contribution in [0.5, 0.6) is 5.75 Å². The van der Waals surface area contributed by atoms with Crippen molar-refractivity contribution < 1.29 is 5.11 Å². The van der Waals surface area contributed by atoms with Crippen LogP contribution in [-0.4, -0.2) is 15.1 Å². The first-order valence-corrected chi connectivity index (χ1v) is 5.28. The Labute approximate surface area is 96.6 Å². The van der Waals surface area contributed by atoms with Crippen LogP contribution in [0.1, 0.15) is 5.69 Å². The molecule has 0 aliphatic heterocycles. The molecule has 1 heterocycles. The van der Waals surface area contributed by atoms with Gasteiger partial charge in [-0.05, 0) is 18.2 Å². The minimum absolute atomic E-state index is 0.214. The summed E-state index contributed by atoms with van der Waals surface area (Å²) in [6.45, 7) is 0. The Balaban J connectivity index is 2.18. The Kier molecular flexibility index (Phi) is 3.03. The Morgan fingerprint density at radius 3 is 2.75 bits per heavy atom. The maximum atomic E-state index is 9.28. The monoisotopic (exact) mass is 229 g/mol. The number of aromatic hydroxyl groups is 1. The van der Waals surface area contributed by atoms with Gasteiger partial charge in [-0.1, -0.05) is 17.8 Å². The van der Waals surface area contributed by atoms with E-state index in [4.69, 9.17) is 5.26 Å². The van der Waals surface area contributed by atoms with E-state index in [0.717, 1.165) is 4.90 Å². The van der Waals surface area contributed by atoms with Crippen molar-refractivity contribution >= 4 is 11.8 Å². The van der Waals surface area contributed by atoms with Gasteiger partial charge in [-0.2, -0.15) is 5.26 Å². The molecule has 1 aromatic heterocycles. The van der Waals surface area contributed by atoms with Crippen molar-refractivity contribution in [2.45, 2.75) is 9.92 Å². The molecule has 0 saturated carbocycles. The van der Waals surface area contributed by atoms with Crippen LogP contribution in [0.4, 0.5) is 0 Å². The molecule has 0 spiro atoms. The lowest BCUT2D eigenvalue weighted by Gasteiger charge is -2.00. The molecule has 0 unspecified atom stereocenters. The van der Waals surface area contributed by atoms with Gasteiger partial charge in [-0.3, -0.25) is 0 Å². The summed E-state index contributed by atoms with van der Waals surface area (Å²) in [5.41, 5.74) is 0.292. The predicted molar refractivity (Wildman–Crippen MR) is 59.0 cm³/mol. The summed E-state index contributed by atoms with van der Waals surface area (Å²) < 4.78 is 0. The van der Waals surface area contributed by atoms with E-state index < -0.39 is 0 Å². The van der Waals surface area contributed by atoms with Gasteiger partial charge in [0.05, 0.1) is 12.4 Å². The molecule has 0 saturated heterocycles. The molecular weight excluding hydrogens is 222 g/mol. The standard InChI is InChI=1S/C11H7N3OS/c12-5-8-6-14-11(7-13-8)16-10-3-1-2-9(15)4-10/h1-4,6-7,15H. The smallest absolute Gasteiger partial charge is 0.158 e. The maximum Gasteiger partial charge on any atom is 0.158 e. The van der Waals surface area contributed by atoms with E-state index in [1.165, 1.54) is 24.2 Å². The second-order valence-electron chi connectivity index (χ2n) is 2.95. The third-order valence-corrected chi connectivity index (χ3v) is 2.69. The largest absolute Gasteiger partial charge is 0.508 e. The maximum absolute atomic E-state index is 9.28. The fraction of sp³-hybridized carbons (Fsp3) is 0. The van der Waals surface area contributed by atoms with Crippen LogP contribution >= 0.6 is 11.8 Å². The molecule has 1 N–H and O–H groups in total. The van der Waals surface area contributed by atoms with Crippen LogP contribution in [0.2, 0.25) is 0 Å². The van der Waals surface area contributed by atoms with Crippen LogP contribution in [0.25, 0.3) is 0 Å². The van der Waals surface area contributed by atoms with E-state index in [1.54, 1.807) is 18.2 Å². The minimum Gasteiger partial charge on any atom is -0.508 e. The Hall–Kier alpha value is -2.06. The van der Waals surface area contributed by atoms with Crippen molar-refractivity contribution in [3.63, 3.8) is 0 Å². The highest BCUT2D eigenvalue weighted by Gasteiger charge is 2.00. The van der Waals surface area contributed by atoms with Crippen LogP contribution in [-0.2, 0) is 0 Å². The van der Waals surface area contributed by atoms with Gasteiger partial charge in [-0.25, -0.2) is 9.97 Å². The van der Waals surface area contributed by atoms with Crippen LogP contribution < -0.4 is 0 Å². The Morgan fingerprint density at radius 2 is 2.12 bits per heavy atom. The Morgan fingerprint density at radius 1 is 1.25 bits per heavy atom. The molecule has 2 aromatic rings. The highest BCUT2D eigenvalue weighted by atomic mass is 32.2. The lowest BCUT2D eigenvalue weighted by Crippen LogP contribution is -1.86. The number of rotatable bonds is 2. The van der Waals surface area contributed by atoms with Gasteiger partial charge in [0.15, 0.2) is 5.69 Å². The highest BCUT2D eigenvalue weighted by molar-refractivity contribution is 7.99. The molecular formula is C11H7N3OS. The summed E-state index contributed by atoms with van der Waals surface area (Å²) in [7, 11) is 0. The fourth-order valence-corrected chi connectivity index (χ4v) is 1.87. The van der Waals surface area contributed by atoms with Gasteiger partial charge >= 0.3 is 0 Å². The number of hydrogen-bond donors (Lipinski definition) is 1. The SMILES string of the molecule is N#Cc1cnc(Sc2cccc(O)c2)cn1. The summed E-state index contributed by atoms with van der Waals surface area (Å²) in [4.78, 5) is 8.85. The molecule has 0 bridgehead atoms. The van der Waals surface area contributed by atoms with Crippen molar-refractivity contribution in [1.82, 2.24) is 9.97 Å². The molecule has 0 amide bonds. The summed E-state index contributed by atoms with van der Waals surface area (Å²) in [6, 6.07) is 8.78. The zero-order valence-electron chi connectivity index (χ0n) is 8.16. The third kappa shape index (κ3) is 2.49. The number of hydrogen-bond acceptors (Lipinski definition) is 5. The molecule has 0 aliphatic carbocycles. The van der Waals surface area contributed by atoms with Gasteiger partial charge in [-0.15, -0.1) is 0 Å². The van der Waals surface area contributed by atoms with Gasteiger partial charge < -0.3 is 5.11 Å². The van der Waals surface area contributed by atoms with Gasteiger partial charge in [0.2, 0.25) is 0 Å². The van der Waals surface area contributed by atoms with E-state index in [2.05, 4.69) is 9.97 Å². The summed E-state index contributed by atoms with van der Waals surface area (Å²) in [6.07, 6.45) is 2.96. The number of phenols is 1. The lowest BCUT2D eigenvalue weighted by atomic mass is 10.3. The van der Waals surface area contributed by atoms with E-state index in [-0.39, 0.29) is 5.75 Å². The van der Waals surface area contributed by atoms with E-state index in [9.17, 15) is 5.11 Å². The molecule has 4 nitrogen and oxygen atoms in total. The number of phenolic OH excluding ortho intramolecular Hbond substituents is 1. The minimum atomic E-state index is 0.214. The Bertz CT molecular complexity index is 534. The molecule has 1 aromatic carbocycles. The van der Waals surface area contributed by atoms with E-state index in [0.29, 0.717) is 10.7 Å². The molecule has 0 atom stereocenters. The normalized spacial score (nSPS) is 9.69. The van der Waals surface area contributed by atoms with Gasteiger partial charge in [0.1, 0.15) is 16.8 Å². The van der Waals surface area contributed by atoms with Gasteiger partial charge in [0, 0.05) is 4.90 Å². The lowest BCUT2D eigenvalue weighted by molar-refractivity contribution is 0.474. The number of aromatic nitrogens is 2.